The normalized spacial score (nSPS) is 17.6. The van der Waals surface area contributed by atoms with Crippen molar-refractivity contribution in [2.75, 3.05) is 13.1 Å². The Bertz CT molecular complexity index is 1170. The Morgan fingerprint density at radius 3 is 2.34 bits per heavy atom. The molecule has 1 aliphatic rings. The number of ether oxygens (including phenoxy) is 2. The summed E-state index contributed by atoms with van der Waals surface area (Å²) in [5.41, 5.74) is 4.36. The number of benzene rings is 3. The first-order valence-corrected chi connectivity index (χ1v) is 12.0. The molecule has 35 heavy (non-hydrogen) atoms. The van der Waals surface area contributed by atoms with Crippen LogP contribution in [0.3, 0.4) is 0 Å². The third kappa shape index (κ3) is 6.70. The molecule has 1 saturated heterocycles. The van der Waals surface area contributed by atoms with Gasteiger partial charge >= 0.3 is 0 Å². The lowest BCUT2D eigenvalue weighted by atomic mass is 10.1. The van der Waals surface area contributed by atoms with Crippen LogP contribution in [0.1, 0.15) is 51.3 Å². The van der Waals surface area contributed by atoms with Gasteiger partial charge in [0.15, 0.2) is 0 Å². The summed E-state index contributed by atoms with van der Waals surface area (Å²) in [6, 6.07) is 22.7. The molecular weight excluding hydrogens is 440 g/mol. The van der Waals surface area contributed by atoms with E-state index < -0.39 is 0 Å². The second-order valence-corrected chi connectivity index (χ2v) is 9.15. The fourth-order valence-corrected chi connectivity index (χ4v) is 4.27. The third-order valence-corrected chi connectivity index (χ3v) is 5.94. The molecule has 0 radical (unpaired) electrons. The molecule has 182 valence electrons. The Morgan fingerprint density at radius 1 is 0.914 bits per heavy atom. The molecule has 0 aliphatic carbocycles. The summed E-state index contributed by atoms with van der Waals surface area (Å²) in [7, 11) is 0. The second-order valence-electron chi connectivity index (χ2n) is 9.15. The number of carbonyl (C=O) groups is 2. The maximum Gasteiger partial charge on any atom is 0.254 e. The van der Waals surface area contributed by atoms with Crippen LogP contribution in [0.15, 0.2) is 72.8 Å². The predicted octanol–water partition coefficient (Wildman–Crippen LogP) is 4.75. The minimum absolute atomic E-state index is 0.00469. The largest absolute Gasteiger partial charge is 0.489 e. The fraction of sp³-hybridized carbons (Fsp3) is 0.310. The molecule has 6 heteroatoms. The molecule has 3 aromatic rings. The highest BCUT2D eigenvalue weighted by Gasteiger charge is 2.26. The van der Waals surface area contributed by atoms with Gasteiger partial charge in [0, 0.05) is 30.8 Å². The number of morpholine rings is 1. The lowest BCUT2D eigenvalue weighted by molar-refractivity contribution is -0.0586. The standard InChI is InChI=1S/C29H32N2O4/c1-20-6-4-7-24(14-20)19-34-27-9-5-8-26(15-27)28(32)30-16-23-10-12-25(13-11-23)29(33)31-17-21(2)35-22(3)18-31/h4-15,21-22H,16-19H2,1-3H3,(H,30,32). The lowest BCUT2D eigenvalue weighted by Gasteiger charge is -2.35. The first-order valence-electron chi connectivity index (χ1n) is 12.0. The van der Waals surface area contributed by atoms with Crippen molar-refractivity contribution in [3.63, 3.8) is 0 Å². The van der Waals surface area contributed by atoms with Gasteiger partial charge in [-0.3, -0.25) is 9.59 Å². The van der Waals surface area contributed by atoms with E-state index in [0.29, 0.717) is 43.1 Å². The molecular formula is C29H32N2O4. The van der Waals surface area contributed by atoms with E-state index in [1.54, 1.807) is 12.1 Å². The highest BCUT2D eigenvalue weighted by Crippen LogP contribution is 2.17. The number of rotatable bonds is 7. The zero-order valence-electron chi connectivity index (χ0n) is 20.5. The molecule has 3 aromatic carbocycles. The first kappa shape index (κ1) is 24.5. The molecule has 2 amide bonds. The summed E-state index contributed by atoms with van der Waals surface area (Å²) in [6.45, 7) is 8.00. The maximum absolute atomic E-state index is 12.8. The van der Waals surface area contributed by atoms with Crippen LogP contribution in [0.2, 0.25) is 0 Å². The van der Waals surface area contributed by atoms with Crippen LogP contribution in [0.25, 0.3) is 0 Å². The number of aryl methyl sites for hydroxylation is 1. The van der Waals surface area contributed by atoms with Crippen molar-refractivity contribution in [3.05, 3.63) is 101 Å². The number of nitrogens with one attached hydrogen (secondary N) is 1. The molecule has 0 spiro atoms. The summed E-state index contributed by atoms with van der Waals surface area (Å²) in [5.74, 6) is 0.473. The number of nitrogens with zero attached hydrogens (tertiary/aromatic N) is 1. The van der Waals surface area contributed by atoms with Gasteiger partial charge in [0.2, 0.25) is 0 Å². The quantitative estimate of drug-likeness (QED) is 0.539. The van der Waals surface area contributed by atoms with E-state index >= 15 is 0 Å². The first-order chi connectivity index (χ1) is 16.9. The Kier molecular flexibility index (Phi) is 7.83. The molecule has 0 bridgehead atoms. The zero-order valence-corrected chi connectivity index (χ0v) is 20.5. The average Bonchev–Trinajstić information content (AvgIpc) is 2.85. The van der Waals surface area contributed by atoms with Crippen molar-refractivity contribution in [1.29, 1.82) is 0 Å². The number of amides is 2. The van der Waals surface area contributed by atoms with Gasteiger partial charge in [-0.2, -0.15) is 0 Å². The van der Waals surface area contributed by atoms with Gasteiger partial charge in [-0.15, -0.1) is 0 Å². The van der Waals surface area contributed by atoms with Crippen molar-refractivity contribution in [2.24, 2.45) is 0 Å². The average molecular weight is 473 g/mol. The van der Waals surface area contributed by atoms with Crippen LogP contribution < -0.4 is 10.1 Å². The van der Waals surface area contributed by atoms with E-state index in [4.69, 9.17) is 9.47 Å². The Labute approximate surface area is 206 Å². The monoisotopic (exact) mass is 472 g/mol. The van der Waals surface area contributed by atoms with Gasteiger partial charge < -0.3 is 19.7 Å². The van der Waals surface area contributed by atoms with Gasteiger partial charge in [0.1, 0.15) is 12.4 Å². The SMILES string of the molecule is Cc1cccc(COc2cccc(C(=O)NCc3ccc(C(=O)N4CC(C)OC(C)C4)cc3)c2)c1. The fourth-order valence-electron chi connectivity index (χ4n) is 4.27. The highest BCUT2D eigenvalue weighted by molar-refractivity contribution is 5.95. The van der Waals surface area contributed by atoms with Crippen LogP contribution >= 0.6 is 0 Å². The Balaban J connectivity index is 1.30. The number of hydrogen-bond donors (Lipinski definition) is 1. The van der Waals surface area contributed by atoms with Crippen molar-refractivity contribution in [3.8, 4) is 5.75 Å². The highest BCUT2D eigenvalue weighted by atomic mass is 16.5. The van der Waals surface area contributed by atoms with E-state index in [2.05, 4.69) is 11.4 Å². The molecule has 2 unspecified atom stereocenters. The summed E-state index contributed by atoms with van der Waals surface area (Å²) in [6.07, 6.45) is 0.0623. The van der Waals surface area contributed by atoms with Crippen LogP contribution in [0.5, 0.6) is 5.75 Å². The van der Waals surface area contributed by atoms with Crippen LogP contribution in [0.4, 0.5) is 0 Å². The molecule has 1 aliphatic heterocycles. The summed E-state index contributed by atoms with van der Waals surface area (Å²) >= 11 is 0. The molecule has 0 saturated carbocycles. The topological polar surface area (TPSA) is 67.9 Å². The molecule has 0 aromatic heterocycles. The van der Waals surface area contributed by atoms with Gasteiger partial charge in [-0.05, 0) is 62.2 Å². The summed E-state index contributed by atoms with van der Waals surface area (Å²) < 4.78 is 11.6. The van der Waals surface area contributed by atoms with Gasteiger partial charge in [0.05, 0.1) is 12.2 Å². The van der Waals surface area contributed by atoms with Crippen LogP contribution in [-0.4, -0.2) is 42.0 Å². The number of hydrogen-bond acceptors (Lipinski definition) is 4. The molecule has 4 rings (SSSR count). The smallest absolute Gasteiger partial charge is 0.254 e. The van der Waals surface area contributed by atoms with Crippen molar-refractivity contribution in [1.82, 2.24) is 10.2 Å². The predicted molar refractivity (Wildman–Crippen MR) is 135 cm³/mol. The molecule has 2 atom stereocenters. The number of carbonyl (C=O) groups excluding carboxylic acids is 2. The zero-order chi connectivity index (χ0) is 24.8. The van der Waals surface area contributed by atoms with Gasteiger partial charge in [-0.25, -0.2) is 0 Å². The summed E-state index contributed by atoms with van der Waals surface area (Å²) in [4.78, 5) is 27.4. The van der Waals surface area contributed by atoms with E-state index in [1.807, 2.05) is 80.3 Å². The Morgan fingerprint density at radius 2 is 1.63 bits per heavy atom. The Hall–Kier alpha value is -3.64. The van der Waals surface area contributed by atoms with Crippen molar-refractivity contribution < 1.29 is 19.1 Å². The molecule has 6 nitrogen and oxygen atoms in total. The van der Waals surface area contributed by atoms with Crippen molar-refractivity contribution >= 4 is 11.8 Å². The summed E-state index contributed by atoms with van der Waals surface area (Å²) in [5, 5.41) is 2.94. The molecule has 1 fully saturated rings. The van der Waals surface area contributed by atoms with Crippen LogP contribution in [0, 0.1) is 6.92 Å². The molecule has 1 heterocycles. The van der Waals surface area contributed by atoms with Crippen LogP contribution in [-0.2, 0) is 17.9 Å². The minimum atomic E-state index is -0.178. The maximum atomic E-state index is 12.8. The minimum Gasteiger partial charge on any atom is -0.489 e. The van der Waals surface area contributed by atoms with Gasteiger partial charge in [0.25, 0.3) is 11.8 Å². The van der Waals surface area contributed by atoms with E-state index in [0.717, 1.165) is 11.1 Å². The lowest BCUT2D eigenvalue weighted by Crippen LogP contribution is -2.48. The van der Waals surface area contributed by atoms with E-state index in [1.165, 1.54) is 5.56 Å². The third-order valence-electron chi connectivity index (χ3n) is 5.94. The van der Waals surface area contributed by atoms with E-state index in [9.17, 15) is 9.59 Å². The van der Waals surface area contributed by atoms with E-state index in [-0.39, 0.29) is 24.0 Å². The molecule has 1 N–H and O–H groups in total. The second kappa shape index (κ2) is 11.2. The van der Waals surface area contributed by atoms with Crippen molar-refractivity contribution in [2.45, 2.75) is 46.1 Å². The van der Waals surface area contributed by atoms with Gasteiger partial charge in [-0.1, -0.05) is 48.0 Å².